The van der Waals surface area contributed by atoms with Crippen molar-refractivity contribution >= 4 is 18.2 Å². The van der Waals surface area contributed by atoms with Gasteiger partial charge in [0.05, 0.1) is 0 Å². The van der Waals surface area contributed by atoms with Crippen molar-refractivity contribution in [1.82, 2.24) is 9.78 Å². The third kappa shape index (κ3) is 3.42. The molecule has 3 nitrogen and oxygen atoms in total. The van der Waals surface area contributed by atoms with E-state index in [0.29, 0.717) is 5.82 Å². The molecule has 0 aliphatic heterocycles. The molecule has 1 heterocycles. The van der Waals surface area contributed by atoms with Crippen LogP contribution in [-0.2, 0) is 13.6 Å². The van der Waals surface area contributed by atoms with E-state index < -0.39 is 11.6 Å². The second kappa shape index (κ2) is 5.63. The Bertz CT molecular complexity index is 499. The second-order valence-electron chi connectivity index (χ2n) is 3.46. The number of anilines is 1. The first-order valence-corrected chi connectivity index (χ1v) is 4.82. The van der Waals surface area contributed by atoms with E-state index in [1.807, 2.05) is 0 Å². The Morgan fingerprint density at radius 1 is 1.29 bits per heavy atom. The molecule has 1 N–H and O–H groups in total. The van der Waals surface area contributed by atoms with Crippen molar-refractivity contribution in [2.24, 2.45) is 7.05 Å². The molecule has 0 unspecified atom stereocenters. The van der Waals surface area contributed by atoms with E-state index in [9.17, 15) is 8.78 Å². The summed E-state index contributed by atoms with van der Waals surface area (Å²) in [5.74, 6) is -0.241. The van der Waals surface area contributed by atoms with E-state index in [4.69, 9.17) is 0 Å². The summed E-state index contributed by atoms with van der Waals surface area (Å²) in [4.78, 5) is 0. The zero-order chi connectivity index (χ0) is 11.5. The standard InChI is InChI=1S/C11H11F2N3.ClH/c1-16-5-4-11(15-16)14-7-8-6-9(12)2-3-10(8)13;/h2-6H,7H2,1H3,(H,14,15);1H. The molecule has 0 atom stereocenters. The number of aryl methyl sites for hydroxylation is 1. The predicted molar refractivity (Wildman–Crippen MR) is 64.1 cm³/mol. The topological polar surface area (TPSA) is 29.9 Å². The number of aromatic nitrogens is 2. The molecule has 0 spiro atoms. The minimum Gasteiger partial charge on any atom is -0.364 e. The SMILES string of the molecule is Cl.Cn1ccc(NCc2cc(F)ccc2F)n1. The van der Waals surface area contributed by atoms with Gasteiger partial charge in [0.25, 0.3) is 0 Å². The van der Waals surface area contributed by atoms with Gasteiger partial charge < -0.3 is 5.32 Å². The predicted octanol–water partition coefficient (Wildman–Crippen LogP) is 2.73. The van der Waals surface area contributed by atoms with E-state index in [0.717, 1.165) is 12.1 Å². The first kappa shape index (κ1) is 13.4. The van der Waals surface area contributed by atoms with Crippen LogP contribution in [0.25, 0.3) is 0 Å². The maximum Gasteiger partial charge on any atom is 0.148 e. The van der Waals surface area contributed by atoms with E-state index in [2.05, 4.69) is 10.4 Å². The van der Waals surface area contributed by atoms with Gasteiger partial charge >= 0.3 is 0 Å². The molecule has 1 aromatic heterocycles. The van der Waals surface area contributed by atoms with Gasteiger partial charge in [0.2, 0.25) is 0 Å². The molecule has 0 bridgehead atoms. The van der Waals surface area contributed by atoms with Crippen molar-refractivity contribution in [3.05, 3.63) is 47.7 Å². The summed E-state index contributed by atoms with van der Waals surface area (Å²) >= 11 is 0. The van der Waals surface area contributed by atoms with Crippen molar-refractivity contribution < 1.29 is 8.78 Å². The lowest BCUT2D eigenvalue weighted by molar-refractivity contribution is 0.587. The van der Waals surface area contributed by atoms with Gasteiger partial charge in [-0.3, -0.25) is 4.68 Å². The van der Waals surface area contributed by atoms with Crippen LogP contribution < -0.4 is 5.32 Å². The highest BCUT2D eigenvalue weighted by Gasteiger charge is 2.04. The summed E-state index contributed by atoms with van der Waals surface area (Å²) in [6.45, 7) is 0.209. The van der Waals surface area contributed by atoms with Crippen molar-refractivity contribution in [1.29, 1.82) is 0 Å². The average molecular weight is 260 g/mol. The fraction of sp³-hybridized carbons (Fsp3) is 0.182. The highest BCUT2D eigenvalue weighted by atomic mass is 35.5. The third-order valence-corrected chi connectivity index (χ3v) is 2.18. The Morgan fingerprint density at radius 2 is 2.06 bits per heavy atom. The van der Waals surface area contributed by atoms with Crippen LogP contribution >= 0.6 is 12.4 Å². The van der Waals surface area contributed by atoms with Gasteiger partial charge in [-0.25, -0.2) is 8.78 Å². The Hall–Kier alpha value is -1.62. The fourth-order valence-corrected chi connectivity index (χ4v) is 1.37. The summed E-state index contributed by atoms with van der Waals surface area (Å²) in [6.07, 6.45) is 1.77. The van der Waals surface area contributed by atoms with Crippen molar-refractivity contribution in [2.45, 2.75) is 6.54 Å². The number of hydrogen-bond acceptors (Lipinski definition) is 2. The molecule has 2 rings (SSSR count). The minimum atomic E-state index is -0.445. The Morgan fingerprint density at radius 3 is 2.71 bits per heavy atom. The summed E-state index contributed by atoms with van der Waals surface area (Å²) in [5, 5.41) is 6.98. The molecule has 0 aliphatic rings. The number of nitrogens with zero attached hydrogens (tertiary/aromatic N) is 2. The number of benzene rings is 1. The Kier molecular flexibility index (Phi) is 4.45. The average Bonchev–Trinajstić information content (AvgIpc) is 2.66. The normalized spacial score (nSPS) is 9.82. The summed E-state index contributed by atoms with van der Waals surface area (Å²) in [6, 6.07) is 5.15. The molecule has 0 amide bonds. The van der Waals surface area contributed by atoms with Gasteiger partial charge in [0.1, 0.15) is 17.5 Å². The van der Waals surface area contributed by atoms with Crippen LogP contribution in [-0.4, -0.2) is 9.78 Å². The van der Waals surface area contributed by atoms with Crippen molar-refractivity contribution in [3.63, 3.8) is 0 Å². The Balaban J connectivity index is 0.00000144. The molecule has 0 saturated carbocycles. The third-order valence-electron chi connectivity index (χ3n) is 2.18. The van der Waals surface area contributed by atoms with Crippen LogP contribution in [0.2, 0.25) is 0 Å². The van der Waals surface area contributed by atoms with Crippen LogP contribution in [0.3, 0.4) is 0 Å². The van der Waals surface area contributed by atoms with E-state index in [1.165, 1.54) is 6.07 Å². The lowest BCUT2D eigenvalue weighted by Crippen LogP contribution is -2.03. The van der Waals surface area contributed by atoms with Crippen molar-refractivity contribution in [3.8, 4) is 0 Å². The fourth-order valence-electron chi connectivity index (χ4n) is 1.37. The molecule has 1 aromatic carbocycles. The van der Waals surface area contributed by atoms with Gasteiger partial charge in [-0.15, -0.1) is 12.4 Å². The number of halogens is 3. The lowest BCUT2D eigenvalue weighted by Gasteiger charge is -2.04. The van der Waals surface area contributed by atoms with E-state index in [-0.39, 0.29) is 24.5 Å². The monoisotopic (exact) mass is 259 g/mol. The van der Waals surface area contributed by atoms with Gasteiger partial charge in [-0.05, 0) is 18.2 Å². The number of nitrogens with one attached hydrogen (secondary N) is 1. The Labute approximate surface area is 104 Å². The highest BCUT2D eigenvalue weighted by Crippen LogP contribution is 2.11. The van der Waals surface area contributed by atoms with Crippen LogP contribution in [0.4, 0.5) is 14.6 Å². The molecular weight excluding hydrogens is 248 g/mol. The van der Waals surface area contributed by atoms with Gasteiger partial charge in [-0.2, -0.15) is 5.10 Å². The molecule has 17 heavy (non-hydrogen) atoms. The second-order valence-corrected chi connectivity index (χ2v) is 3.46. The molecule has 0 saturated heterocycles. The lowest BCUT2D eigenvalue weighted by atomic mass is 10.2. The molecule has 0 fully saturated rings. The van der Waals surface area contributed by atoms with Gasteiger partial charge in [0, 0.05) is 31.4 Å². The first-order chi connectivity index (χ1) is 7.65. The molecule has 92 valence electrons. The zero-order valence-corrected chi connectivity index (χ0v) is 9.97. The van der Waals surface area contributed by atoms with E-state index >= 15 is 0 Å². The first-order valence-electron chi connectivity index (χ1n) is 4.82. The van der Waals surface area contributed by atoms with Crippen LogP contribution in [0, 0.1) is 11.6 Å². The smallest absolute Gasteiger partial charge is 0.148 e. The maximum atomic E-state index is 13.2. The van der Waals surface area contributed by atoms with Gasteiger partial charge in [0.15, 0.2) is 0 Å². The van der Waals surface area contributed by atoms with Crippen LogP contribution in [0.1, 0.15) is 5.56 Å². The quantitative estimate of drug-likeness (QED) is 0.919. The molecular formula is C11H12ClF2N3. The van der Waals surface area contributed by atoms with Crippen LogP contribution in [0.15, 0.2) is 30.5 Å². The van der Waals surface area contributed by atoms with E-state index in [1.54, 1.807) is 24.0 Å². The zero-order valence-electron chi connectivity index (χ0n) is 9.15. The molecule has 0 aliphatic carbocycles. The highest BCUT2D eigenvalue weighted by molar-refractivity contribution is 5.85. The summed E-state index contributed by atoms with van der Waals surface area (Å²) < 4.78 is 27.7. The van der Waals surface area contributed by atoms with Crippen LogP contribution in [0.5, 0.6) is 0 Å². The molecule has 6 heteroatoms. The number of rotatable bonds is 3. The summed E-state index contributed by atoms with van der Waals surface area (Å²) in [7, 11) is 1.79. The maximum absolute atomic E-state index is 13.2. The van der Waals surface area contributed by atoms with Gasteiger partial charge in [-0.1, -0.05) is 0 Å². The minimum absolute atomic E-state index is 0. The number of hydrogen-bond donors (Lipinski definition) is 1. The summed E-state index contributed by atoms with van der Waals surface area (Å²) in [5.41, 5.74) is 0.283. The largest absolute Gasteiger partial charge is 0.364 e. The van der Waals surface area contributed by atoms with Crippen molar-refractivity contribution in [2.75, 3.05) is 5.32 Å². The molecule has 2 aromatic rings. The molecule has 0 radical (unpaired) electrons.